The number of amides is 1. The van der Waals surface area contributed by atoms with E-state index in [0.29, 0.717) is 36.3 Å². The van der Waals surface area contributed by atoms with Gasteiger partial charge in [0.15, 0.2) is 0 Å². The third kappa shape index (κ3) is 8.01. The van der Waals surface area contributed by atoms with Gasteiger partial charge in [-0.25, -0.2) is 4.79 Å². The first-order valence-electron chi connectivity index (χ1n) is 10.5. The van der Waals surface area contributed by atoms with Gasteiger partial charge in [-0.15, -0.1) is 11.8 Å². The Kier molecular flexibility index (Phi) is 9.71. The van der Waals surface area contributed by atoms with Gasteiger partial charge >= 0.3 is 12.1 Å². The van der Waals surface area contributed by atoms with Crippen molar-refractivity contribution >= 4 is 46.8 Å². The zero-order chi connectivity index (χ0) is 25.6. The Morgan fingerprint density at radius 1 is 1.20 bits per heavy atom. The molecule has 1 atom stereocenters. The van der Waals surface area contributed by atoms with Crippen LogP contribution in [-0.4, -0.2) is 62.0 Å². The summed E-state index contributed by atoms with van der Waals surface area (Å²) in [5.41, 5.74) is -0.209. The summed E-state index contributed by atoms with van der Waals surface area (Å²) < 4.78 is 50.5. The molecule has 0 unspecified atom stereocenters. The molecule has 0 aliphatic carbocycles. The monoisotopic (exact) mass is 550 g/mol. The summed E-state index contributed by atoms with van der Waals surface area (Å²) in [6.07, 6.45) is -4.94. The maximum absolute atomic E-state index is 13.4. The van der Waals surface area contributed by atoms with E-state index in [1.165, 1.54) is 6.07 Å². The van der Waals surface area contributed by atoms with Gasteiger partial charge in [0, 0.05) is 31.1 Å². The van der Waals surface area contributed by atoms with Crippen molar-refractivity contribution in [1.29, 1.82) is 0 Å². The Hall–Kier alpha value is -1.98. The SMILES string of the molecule is COC(=O)c1ccc(SCC(=O)NC[C@H]2CN(Cc3ccc(Cl)c(Cl)c3)CCO2)c(C(F)(F)F)c1. The van der Waals surface area contributed by atoms with Gasteiger partial charge in [0.25, 0.3) is 0 Å². The van der Waals surface area contributed by atoms with E-state index < -0.39 is 23.6 Å². The molecule has 1 aliphatic rings. The van der Waals surface area contributed by atoms with Gasteiger partial charge < -0.3 is 14.8 Å². The first kappa shape index (κ1) is 27.6. The predicted octanol–water partition coefficient (Wildman–Crippen LogP) is 4.91. The highest BCUT2D eigenvalue weighted by molar-refractivity contribution is 8.00. The quantitative estimate of drug-likeness (QED) is 0.372. The van der Waals surface area contributed by atoms with Crippen LogP contribution in [0.4, 0.5) is 13.2 Å². The van der Waals surface area contributed by atoms with Gasteiger partial charge in [0.1, 0.15) is 0 Å². The van der Waals surface area contributed by atoms with E-state index in [0.717, 1.165) is 36.6 Å². The molecule has 2 aromatic carbocycles. The lowest BCUT2D eigenvalue weighted by molar-refractivity contribution is -0.139. The highest BCUT2D eigenvalue weighted by atomic mass is 35.5. The Balaban J connectivity index is 1.51. The van der Waals surface area contributed by atoms with Gasteiger partial charge in [0.2, 0.25) is 5.91 Å². The van der Waals surface area contributed by atoms with E-state index in [9.17, 15) is 22.8 Å². The lowest BCUT2D eigenvalue weighted by Crippen LogP contribution is -2.47. The summed E-state index contributed by atoms with van der Waals surface area (Å²) in [6.45, 7) is 2.63. The second-order valence-corrected chi connectivity index (χ2v) is 9.60. The molecule has 0 aromatic heterocycles. The Bertz CT molecular complexity index is 1070. The van der Waals surface area contributed by atoms with Crippen LogP contribution in [0.25, 0.3) is 0 Å². The third-order valence-corrected chi connectivity index (χ3v) is 7.02. The number of hydrogen-bond donors (Lipinski definition) is 1. The van der Waals surface area contributed by atoms with E-state index in [4.69, 9.17) is 27.9 Å². The van der Waals surface area contributed by atoms with Crippen molar-refractivity contribution in [1.82, 2.24) is 10.2 Å². The number of carbonyl (C=O) groups excluding carboxylic acids is 2. The molecule has 3 rings (SSSR count). The predicted molar refractivity (Wildman–Crippen MR) is 128 cm³/mol. The van der Waals surface area contributed by atoms with Crippen molar-refractivity contribution in [3.8, 4) is 0 Å². The Morgan fingerprint density at radius 2 is 1.97 bits per heavy atom. The number of alkyl halides is 3. The normalized spacial score (nSPS) is 16.7. The molecule has 0 saturated carbocycles. The minimum atomic E-state index is -4.68. The van der Waals surface area contributed by atoms with E-state index in [2.05, 4.69) is 15.0 Å². The zero-order valence-electron chi connectivity index (χ0n) is 18.7. The summed E-state index contributed by atoms with van der Waals surface area (Å²) in [7, 11) is 1.09. The van der Waals surface area contributed by atoms with Crippen LogP contribution >= 0.6 is 35.0 Å². The number of benzene rings is 2. The number of thioether (sulfide) groups is 1. The van der Waals surface area contributed by atoms with Crippen LogP contribution in [0.1, 0.15) is 21.5 Å². The molecule has 35 heavy (non-hydrogen) atoms. The van der Waals surface area contributed by atoms with Crippen molar-refractivity contribution in [2.45, 2.75) is 23.7 Å². The number of morpholine rings is 1. The number of rotatable bonds is 8. The van der Waals surface area contributed by atoms with Crippen LogP contribution in [0.3, 0.4) is 0 Å². The smallest absolute Gasteiger partial charge is 0.417 e. The van der Waals surface area contributed by atoms with Crippen LogP contribution in [-0.2, 0) is 27.0 Å². The molecule has 2 aromatic rings. The fourth-order valence-electron chi connectivity index (χ4n) is 3.49. The number of halogens is 5. The van der Waals surface area contributed by atoms with E-state index in [1.54, 1.807) is 12.1 Å². The fourth-order valence-corrected chi connectivity index (χ4v) is 4.69. The van der Waals surface area contributed by atoms with Gasteiger partial charge in [-0.3, -0.25) is 9.69 Å². The number of nitrogens with zero attached hydrogens (tertiary/aromatic N) is 1. The highest BCUT2D eigenvalue weighted by Crippen LogP contribution is 2.37. The lowest BCUT2D eigenvalue weighted by atomic mass is 10.1. The topological polar surface area (TPSA) is 67.9 Å². The fraction of sp³-hybridized carbons (Fsp3) is 0.391. The number of esters is 1. The minimum absolute atomic E-state index is 0.151. The number of ether oxygens (including phenoxy) is 2. The molecule has 1 heterocycles. The Labute approximate surface area is 215 Å². The molecule has 0 radical (unpaired) electrons. The van der Waals surface area contributed by atoms with Crippen molar-refractivity contribution in [2.75, 3.05) is 39.1 Å². The Morgan fingerprint density at radius 3 is 2.66 bits per heavy atom. The van der Waals surface area contributed by atoms with Crippen LogP contribution < -0.4 is 5.32 Å². The van der Waals surface area contributed by atoms with Crippen molar-refractivity contribution in [3.05, 3.63) is 63.1 Å². The number of hydrogen-bond acceptors (Lipinski definition) is 6. The molecular weight excluding hydrogens is 528 g/mol. The minimum Gasteiger partial charge on any atom is -0.465 e. The number of carbonyl (C=O) groups is 2. The average molecular weight is 551 g/mol. The molecule has 190 valence electrons. The molecule has 0 bridgehead atoms. The van der Waals surface area contributed by atoms with Crippen molar-refractivity contribution in [2.24, 2.45) is 0 Å². The van der Waals surface area contributed by atoms with Crippen LogP contribution in [0.2, 0.25) is 10.0 Å². The van der Waals surface area contributed by atoms with E-state index in [-0.39, 0.29) is 28.9 Å². The molecular formula is C23H23Cl2F3N2O4S. The second-order valence-electron chi connectivity index (χ2n) is 7.77. The summed E-state index contributed by atoms with van der Waals surface area (Å²) >= 11 is 12.8. The molecule has 1 N–H and O–H groups in total. The van der Waals surface area contributed by atoms with Gasteiger partial charge in [-0.2, -0.15) is 13.2 Å². The summed E-state index contributed by atoms with van der Waals surface area (Å²) in [4.78, 5) is 25.9. The molecule has 1 amide bonds. The van der Waals surface area contributed by atoms with E-state index in [1.807, 2.05) is 6.07 Å². The summed E-state index contributed by atoms with van der Waals surface area (Å²) in [5.74, 6) is -1.52. The van der Waals surface area contributed by atoms with Gasteiger partial charge in [-0.1, -0.05) is 29.3 Å². The van der Waals surface area contributed by atoms with Crippen molar-refractivity contribution in [3.63, 3.8) is 0 Å². The maximum Gasteiger partial charge on any atom is 0.417 e. The first-order valence-corrected chi connectivity index (χ1v) is 12.3. The van der Waals surface area contributed by atoms with Gasteiger partial charge in [-0.05, 0) is 35.9 Å². The zero-order valence-corrected chi connectivity index (χ0v) is 21.0. The first-order chi connectivity index (χ1) is 16.6. The van der Waals surface area contributed by atoms with Crippen LogP contribution in [0.5, 0.6) is 0 Å². The maximum atomic E-state index is 13.4. The van der Waals surface area contributed by atoms with Crippen LogP contribution in [0.15, 0.2) is 41.3 Å². The average Bonchev–Trinajstić information content (AvgIpc) is 2.83. The van der Waals surface area contributed by atoms with Crippen molar-refractivity contribution < 1.29 is 32.2 Å². The largest absolute Gasteiger partial charge is 0.465 e. The van der Waals surface area contributed by atoms with Gasteiger partial charge in [0.05, 0.1) is 46.7 Å². The standard InChI is InChI=1S/C23H23Cl2F3N2O4S/c1-33-22(32)15-3-5-20(17(9-15)23(26,27)28)35-13-21(31)29-10-16-12-30(6-7-34-16)11-14-2-4-18(24)19(25)8-14/h2-5,8-9,16H,6-7,10-13H2,1H3,(H,29,31)/t16-/m0/s1. The van der Waals surface area contributed by atoms with E-state index >= 15 is 0 Å². The summed E-state index contributed by atoms with van der Waals surface area (Å²) in [5, 5.41) is 3.68. The molecule has 6 nitrogen and oxygen atoms in total. The lowest BCUT2D eigenvalue weighted by Gasteiger charge is -2.33. The highest BCUT2D eigenvalue weighted by Gasteiger charge is 2.34. The molecule has 1 aliphatic heterocycles. The van der Waals surface area contributed by atoms with Crippen LogP contribution in [0, 0.1) is 0 Å². The number of nitrogens with one attached hydrogen (secondary N) is 1. The second kappa shape index (κ2) is 12.3. The molecule has 1 fully saturated rings. The third-order valence-electron chi connectivity index (χ3n) is 5.20. The molecule has 12 heteroatoms. The number of methoxy groups -OCH3 is 1. The molecule has 1 saturated heterocycles. The summed E-state index contributed by atoms with van der Waals surface area (Å²) in [6, 6.07) is 8.56. The molecule has 0 spiro atoms.